The number of nitriles is 1. The van der Waals surface area contributed by atoms with Crippen LogP contribution in [0.15, 0.2) is 109 Å². The van der Waals surface area contributed by atoms with E-state index in [-0.39, 0.29) is 16.6 Å². The highest BCUT2D eigenvalue weighted by Gasteiger charge is 2.22. The van der Waals surface area contributed by atoms with Crippen LogP contribution in [0, 0.1) is 17.1 Å². The molecule has 6 aromatic rings. The normalized spacial score (nSPS) is 12.0. The molecule has 0 heterocycles. The van der Waals surface area contributed by atoms with Crippen molar-refractivity contribution < 1.29 is 4.39 Å². The summed E-state index contributed by atoms with van der Waals surface area (Å²) in [6.07, 6.45) is 0. The maximum absolute atomic E-state index is 15.1. The van der Waals surface area contributed by atoms with E-state index in [4.69, 9.17) is 0 Å². The number of rotatable bonds is 3. The van der Waals surface area contributed by atoms with E-state index >= 15 is 4.39 Å². The Balaban J connectivity index is 1.46. The molecule has 0 amide bonds. The Morgan fingerprint density at radius 1 is 0.558 bits per heavy atom. The van der Waals surface area contributed by atoms with Crippen LogP contribution in [0.1, 0.15) is 58.2 Å². The standard InChI is InChI=1S/C41H36FN/c1-40(2,3)31-18-21-38(42)36(24-31)34-13-7-10-28-22-26(16-19-32(28)34)27-17-20-33-29(23-27)11-8-14-35(33)39-30(25-43)12-9-15-37(39)41(4,5)6/h7-24H,1-6H3. The smallest absolute Gasteiger partial charge is 0.131 e. The van der Waals surface area contributed by atoms with Crippen LogP contribution in [0.5, 0.6) is 0 Å². The number of halogens is 1. The zero-order chi connectivity index (χ0) is 30.5. The topological polar surface area (TPSA) is 23.8 Å². The number of benzene rings is 6. The summed E-state index contributed by atoms with van der Waals surface area (Å²) in [4.78, 5) is 0. The van der Waals surface area contributed by atoms with Crippen molar-refractivity contribution in [2.75, 3.05) is 0 Å². The van der Waals surface area contributed by atoms with Gasteiger partial charge in [0.1, 0.15) is 5.82 Å². The summed E-state index contributed by atoms with van der Waals surface area (Å²) < 4.78 is 15.1. The minimum absolute atomic E-state index is 0.0683. The molecule has 0 atom stereocenters. The first kappa shape index (κ1) is 28.4. The van der Waals surface area contributed by atoms with Gasteiger partial charge in [0.25, 0.3) is 0 Å². The second-order valence-electron chi connectivity index (χ2n) is 13.5. The first-order chi connectivity index (χ1) is 20.5. The van der Waals surface area contributed by atoms with Crippen LogP contribution in [0.4, 0.5) is 4.39 Å². The Kier molecular flexibility index (Phi) is 6.94. The lowest BCUT2D eigenvalue weighted by Gasteiger charge is -2.24. The highest BCUT2D eigenvalue weighted by atomic mass is 19.1. The van der Waals surface area contributed by atoms with Crippen molar-refractivity contribution in [3.8, 4) is 39.4 Å². The maximum atomic E-state index is 15.1. The molecule has 6 rings (SSSR count). The van der Waals surface area contributed by atoms with Gasteiger partial charge < -0.3 is 0 Å². The molecular weight excluding hydrogens is 525 g/mol. The molecule has 0 N–H and O–H groups in total. The molecule has 212 valence electrons. The van der Waals surface area contributed by atoms with Crippen molar-refractivity contribution in [2.45, 2.75) is 52.4 Å². The SMILES string of the molecule is CC(C)(C)c1ccc(F)c(-c2cccc3cc(-c4ccc5c(-c6c(C#N)cccc6C(C)(C)C)cccc5c4)ccc23)c1. The van der Waals surface area contributed by atoms with Gasteiger partial charge in [-0.25, -0.2) is 4.39 Å². The predicted octanol–water partition coefficient (Wildman–Crippen LogP) is 11.6. The quantitative estimate of drug-likeness (QED) is 0.211. The van der Waals surface area contributed by atoms with Gasteiger partial charge in [0, 0.05) is 11.1 Å². The Hall–Kier alpha value is -4.74. The summed E-state index contributed by atoms with van der Waals surface area (Å²) in [5, 5.41) is 14.4. The highest BCUT2D eigenvalue weighted by Crippen LogP contribution is 2.40. The van der Waals surface area contributed by atoms with Crippen molar-refractivity contribution in [3.63, 3.8) is 0 Å². The third-order valence-corrected chi connectivity index (χ3v) is 8.48. The van der Waals surface area contributed by atoms with Crippen LogP contribution in [0.2, 0.25) is 0 Å². The van der Waals surface area contributed by atoms with Gasteiger partial charge >= 0.3 is 0 Å². The number of nitrogens with zero attached hydrogens (tertiary/aromatic N) is 1. The molecule has 43 heavy (non-hydrogen) atoms. The molecule has 0 saturated heterocycles. The van der Waals surface area contributed by atoms with Crippen molar-refractivity contribution in [2.24, 2.45) is 0 Å². The molecule has 0 bridgehead atoms. The molecule has 0 radical (unpaired) electrons. The lowest BCUT2D eigenvalue weighted by molar-refractivity contribution is 0.584. The number of fused-ring (bicyclic) bond motifs is 2. The fourth-order valence-corrected chi connectivity index (χ4v) is 6.14. The lowest BCUT2D eigenvalue weighted by Crippen LogP contribution is -2.13. The van der Waals surface area contributed by atoms with Crippen molar-refractivity contribution in [3.05, 3.63) is 132 Å². The number of hydrogen-bond acceptors (Lipinski definition) is 1. The van der Waals surface area contributed by atoms with Gasteiger partial charge in [0.15, 0.2) is 0 Å². The average Bonchev–Trinajstić information content (AvgIpc) is 2.98. The van der Waals surface area contributed by atoms with Crippen LogP contribution < -0.4 is 0 Å². The third-order valence-electron chi connectivity index (χ3n) is 8.48. The molecule has 0 unspecified atom stereocenters. The lowest BCUT2D eigenvalue weighted by atomic mass is 9.79. The van der Waals surface area contributed by atoms with Crippen LogP contribution in [0.25, 0.3) is 54.9 Å². The van der Waals surface area contributed by atoms with E-state index in [0.29, 0.717) is 11.1 Å². The first-order valence-corrected chi connectivity index (χ1v) is 14.9. The molecule has 1 nitrogen and oxygen atoms in total. The van der Waals surface area contributed by atoms with E-state index in [1.807, 2.05) is 36.4 Å². The van der Waals surface area contributed by atoms with E-state index in [0.717, 1.165) is 60.5 Å². The molecule has 2 heteroatoms. The summed E-state index contributed by atoms with van der Waals surface area (Å²) in [5.74, 6) is -0.206. The molecule has 0 saturated carbocycles. The molecule has 0 aliphatic carbocycles. The van der Waals surface area contributed by atoms with Crippen LogP contribution >= 0.6 is 0 Å². The first-order valence-electron chi connectivity index (χ1n) is 14.9. The van der Waals surface area contributed by atoms with Crippen LogP contribution in [-0.2, 0) is 10.8 Å². The zero-order valence-electron chi connectivity index (χ0n) is 25.7. The minimum Gasteiger partial charge on any atom is -0.206 e. The van der Waals surface area contributed by atoms with Crippen molar-refractivity contribution in [1.82, 2.24) is 0 Å². The Bertz CT molecular complexity index is 2060. The maximum Gasteiger partial charge on any atom is 0.131 e. The average molecular weight is 562 g/mol. The van der Waals surface area contributed by atoms with Gasteiger partial charge in [0.05, 0.1) is 11.6 Å². The molecular formula is C41H36FN. The summed E-state index contributed by atoms with van der Waals surface area (Å²) >= 11 is 0. The van der Waals surface area contributed by atoms with E-state index in [2.05, 4.69) is 114 Å². The molecule has 0 spiro atoms. The Morgan fingerprint density at radius 2 is 1.14 bits per heavy atom. The minimum atomic E-state index is -0.206. The van der Waals surface area contributed by atoms with Crippen LogP contribution in [0.3, 0.4) is 0 Å². The molecule has 0 aliphatic heterocycles. The Labute approximate surface area is 254 Å². The van der Waals surface area contributed by atoms with Crippen LogP contribution in [-0.4, -0.2) is 0 Å². The monoisotopic (exact) mass is 561 g/mol. The predicted molar refractivity (Wildman–Crippen MR) is 180 cm³/mol. The third kappa shape index (κ3) is 5.21. The summed E-state index contributed by atoms with van der Waals surface area (Å²) in [5.41, 5.74) is 8.64. The van der Waals surface area contributed by atoms with Crippen molar-refractivity contribution in [1.29, 1.82) is 5.26 Å². The fourth-order valence-electron chi connectivity index (χ4n) is 6.14. The molecule has 0 aromatic heterocycles. The van der Waals surface area contributed by atoms with Gasteiger partial charge in [0.2, 0.25) is 0 Å². The summed E-state index contributed by atoms with van der Waals surface area (Å²) in [7, 11) is 0. The second-order valence-corrected chi connectivity index (χ2v) is 13.5. The highest BCUT2D eigenvalue weighted by molar-refractivity contribution is 6.02. The van der Waals surface area contributed by atoms with Crippen molar-refractivity contribution >= 4 is 21.5 Å². The summed E-state index contributed by atoms with van der Waals surface area (Å²) in [6.45, 7) is 13.0. The Morgan fingerprint density at radius 3 is 1.72 bits per heavy atom. The number of hydrogen-bond donors (Lipinski definition) is 0. The largest absolute Gasteiger partial charge is 0.206 e. The second kappa shape index (κ2) is 10.5. The fraction of sp³-hybridized carbons (Fsp3) is 0.195. The van der Waals surface area contributed by atoms with Gasteiger partial charge in [-0.3, -0.25) is 0 Å². The zero-order valence-corrected chi connectivity index (χ0v) is 25.7. The molecule has 6 aromatic carbocycles. The van der Waals surface area contributed by atoms with E-state index in [1.54, 1.807) is 6.07 Å². The summed E-state index contributed by atoms with van der Waals surface area (Å²) in [6, 6.07) is 39.4. The van der Waals surface area contributed by atoms with Gasteiger partial charge in [-0.2, -0.15) is 5.26 Å². The van der Waals surface area contributed by atoms with Gasteiger partial charge in [-0.15, -0.1) is 0 Å². The van der Waals surface area contributed by atoms with Gasteiger partial charge in [-0.1, -0.05) is 120 Å². The van der Waals surface area contributed by atoms with E-state index in [1.165, 1.54) is 0 Å². The molecule has 0 aliphatic rings. The van der Waals surface area contributed by atoms with E-state index in [9.17, 15) is 5.26 Å². The molecule has 0 fully saturated rings. The van der Waals surface area contributed by atoms with E-state index < -0.39 is 0 Å². The van der Waals surface area contributed by atoms with Gasteiger partial charge in [-0.05, 0) is 96.1 Å².